The van der Waals surface area contributed by atoms with Crippen LogP contribution in [0.4, 0.5) is 0 Å². The average Bonchev–Trinajstić information content (AvgIpc) is 2.68. The summed E-state index contributed by atoms with van der Waals surface area (Å²) in [5, 5.41) is 0. The van der Waals surface area contributed by atoms with Crippen molar-refractivity contribution in [1.82, 2.24) is 0 Å². The Morgan fingerprint density at radius 2 is 1.00 bits per heavy atom. The Morgan fingerprint density at radius 1 is 0.562 bits per heavy atom. The Bertz CT molecular complexity index is 721. The van der Waals surface area contributed by atoms with Crippen molar-refractivity contribution in [3.63, 3.8) is 0 Å². The SMILES string of the molecule is CC(=O)OC/C=C(\C)CC/C=C(/CC/C=C(/CCC=C(C)C)COC(C)=O)COC(C)=O. The monoisotopic (exact) mass is 448 g/mol. The molecule has 0 saturated heterocycles. The van der Waals surface area contributed by atoms with E-state index < -0.39 is 0 Å². The summed E-state index contributed by atoms with van der Waals surface area (Å²) < 4.78 is 15.3. The molecular formula is C26H40O6. The average molecular weight is 449 g/mol. The van der Waals surface area contributed by atoms with Crippen molar-refractivity contribution in [2.75, 3.05) is 19.8 Å². The van der Waals surface area contributed by atoms with Crippen molar-refractivity contribution < 1.29 is 28.6 Å². The van der Waals surface area contributed by atoms with E-state index in [1.165, 1.54) is 26.3 Å². The molecule has 0 aliphatic heterocycles. The lowest BCUT2D eigenvalue weighted by Crippen LogP contribution is -2.05. The number of hydrogen-bond acceptors (Lipinski definition) is 6. The van der Waals surface area contributed by atoms with E-state index in [2.05, 4.69) is 32.1 Å². The fourth-order valence-corrected chi connectivity index (χ4v) is 2.77. The first-order chi connectivity index (χ1) is 15.1. The number of hydrogen-bond donors (Lipinski definition) is 0. The van der Waals surface area contributed by atoms with Crippen LogP contribution in [-0.4, -0.2) is 37.7 Å². The van der Waals surface area contributed by atoms with Gasteiger partial charge in [0.25, 0.3) is 0 Å². The standard InChI is InChI=1S/C26H40O6/c1-20(2)10-7-12-25(18-31-23(5)28)14-9-15-26(19-32-24(6)29)13-8-11-21(3)16-17-30-22(4)27/h10,13-14,16H,7-9,11-12,15,17-19H2,1-6H3/b21-16+,25-14-,26-13-. The molecule has 0 amide bonds. The second-order valence-electron chi connectivity index (χ2n) is 8.04. The van der Waals surface area contributed by atoms with E-state index in [-0.39, 0.29) is 31.1 Å². The number of esters is 3. The molecule has 32 heavy (non-hydrogen) atoms. The molecule has 0 spiro atoms. The van der Waals surface area contributed by atoms with E-state index in [0.717, 1.165) is 55.2 Å². The Hall–Kier alpha value is -2.63. The number of carbonyl (C=O) groups excluding carboxylic acids is 3. The topological polar surface area (TPSA) is 78.9 Å². The molecule has 0 aliphatic carbocycles. The molecule has 0 saturated carbocycles. The maximum absolute atomic E-state index is 11.2. The lowest BCUT2D eigenvalue weighted by molar-refractivity contribution is -0.140. The molecule has 0 N–H and O–H groups in total. The molecule has 0 radical (unpaired) electrons. The highest BCUT2D eigenvalue weighted by atomic mass is 16.5. The Labute approximate surface area is 193 Å². The van der Waals surface area contributed by atoms with Gasteiger partial charge < -0.3 is 14.2 Å². The van der Waals surface area contributed by atoms with Crippen LogP contribution < -0.4 is 0 Å². The number of ether oxygens (including phenoxy) is 3. The Balaban J connectivity index is 4.94. The minimum absolute atomic E-state index is 0.274. The van der Waals surface area contributed by atoms with Crippen molar-refractivity contribution in [2.45, 2.75) is 80.1 Å². The summed E-state index contributed by atoms with van der Waals surface area (Å²) >= 11 is 0. The van der Waals surface area contributed by atoms with Gasteiger partial charge in [-0.2, -0.15) is 0 Å². The summed E-state index contributed by atoms with van der Waals surface area (Å²) in [6.45, 7) is 11.2. The molecule has 0 atom stereocenters. The minimum atomic E-state index is -0.304. The van der Waals surface area contributed by atoms with Crippen LogP contribution in [0, 0.1) is 0 Å². The van der Waals surface area contributed by atoms with E-state index in [0.29, 0.717) is 6.61 Å². The molecule has 180 valence electrons. The van der Waals surface area contributed by atoms with Crippen LogP contribution in [0.15, 0.2) is 46.6 Å². The second-order valence-corrected chi connectivity index (χ2v) is 8.04. The molecule has 0 aromatic rings. The van der Waals surface area contributed by atoms with Gasteiger partial charge in [0.1, 0.15) is 19.8 Å². The number of carbonyl (C=O) groups is 3. The minimum Gasteiger partial charge on any atom is -0.462 e. The van der Waals surface area contributed by atoms with Crippen molar-refractivity contribution >= 4 is 17.9 Å². The lowest BCUT2D eigenvalue weighted by atomic mass is 10.0. The molecule has 0 aromatic carbocycles. The highest BCUT2D eigenvalue weighted by Gasteiger charge is 2.04. The fourth-order valence-electron chi connectivity index (χ4n) is 2.77. The van der Waals surface area contributed by atoms with Crippen LogP contribution >= 0.6 is 0 Å². The van der Waals surface area contributed by atoms with Gasteiger partial charge in [0.15, 0.2) is 0 Å². The zero-order valence-corrected chi connectivity index (χ0v) is 20.6. The van der Waals surface area contributed by atoms with Gasteiger partial charge in [0.05, 0.1) is 0 Å². The highest BCUT2D eigenvalue weighted by Crippen LogP contribution is 2.15. The van der Waals surface area contributed by atoms with Crippen LogP contribution in [0.5, 0.6) is 0 Å². The summed E-state index contributed by atoms with van der Waals surface area (Å²) in [5.74, 6) is -0.883. The quantitative estimate of drug-likeness (QED) is 0.179. The van der Waals surface area contributed by atoms with Gasteiger partial charge in [0, 0.05) is 20.8 Å². The van der Waals surface area contributed by atoms with Crippen LogP contribution in [0.2, 0.25) is 0 Å². The number of allylic oxidation sites excluding steroid dienone is 5. The predicted octanol–water partition coefficient (Wildman–Crippen LogP) is 5.78. The van der Waals surface area contributed by atoms with E-state index in [9.17, 15) is 14.4 Å². The van der Waals surface area contributed by atoms with Crippen LogP contribution in [0.25, 0.3) is 0 Å². The van der Waals surface area contributed by atoms with E-state index in [1.54, 1.807) is 0 Å². The van der Waals surface area contributed by atoms with Gasteiger partial charge in [-0.15, -0.1) is 0 Å². The smallest absolute Gasteiger partial charge is 0.302 e. The predicted molar refractivity (Wildman–Crippen MR) is 127 cm³/mol. The van der Waals surface area contributed by atoms with Crippen molar-refractivity contribution in [2.24, 2.45) is 0 Å². The first kappa shape index (κ1) is 29.4. The molecule has 0 bridgehead atoms. The van der Waals surface area contributed by atoms with Crippen LogP contribution in [-0.2, 0) is 28.6 Å². The second kappa shape index (κ2) is 18.0. The van der Waals surface area contributed by atoms with Crippen molar-refractivity contribution in [1.29, 1.82) is 0 Å². The van der Waals surface area contributed by atoms with Crippen LogP contribution in [0.3, 0.4) is 0 Å². The molecule has 0 fully saturated rings. The van der Waals surface area contributed by atoms with Crippen molar-refractivity contribution in [3.8, 4) is 0 Å². The molecule has 0 heterocycles. The van der Waals surface area contributed by atoms with Gasteiger partial charge in [-0.1, -0.05) is 29.4 Å². The maximum Gasteiger partial charge on any atom is 0.302 e. The summed E-state index contributed by atoms with van der Waals surface area (Å²) in [4.78, 5) is 33.3. The van der Waals surface area contributed by atoms with E-state index in [4.69, 9.17) is 14.2 Å². The summed E-state index contributed by atoms with van der Waals surface area (Å²) in [6, 6.07) is 0. The highest BCUT2D eigenvalue weighted by molar-refractivity contribution is 5.66. The number of rotatable bonds is 15. The molecule has 6 heteroatoms. The van der Waals surface area contributed by atoms with Gasteiger partial charge in [-0.05, 0) is 76.5 Å². The maximum atomic E-state index is 11.2. The Morgan fingerprint density at radius 3 is 1.44 bits per heavy atom. The fraction of sp³-hybridized carbons (Fsp3) is 0.577. The molecule has 0 unspecified atom stereocenters. The third-order valence-corrected chi connectivity index (χ3v) is 4.53. The third-order valence-electron chi connectivity index (χ3n) is 4.53. The normalized spacial score (nSPS) is 12.2. The summed E-state index contributed by atoms with van der Waals surface area (Å²) in [7, 11) is 0. The zero-order valence-electron chi connectivity index (χ0n) is 20.6. The van der Waals surface area contributed by atoms with Gasteiger partial charge in [0.2, 0.25) is 0 Å². The van der Waals surface area contributed by atoms with Gasteiger partial charge in [-0.25, -0.2) is 0 Å². The summed E-state index contributed by atoms with van der Waals surface area (Å²) in [6.07, 6.45) is 13.2. The third kappa shape index (κ3) is 19.3. The van der Waals surface area contributed by atoms with Gasteiger partial charge >= 0.3 is 17.9 Å². The largest absolute Gasteiger partial charge is 0.462 e. The zero-order chi connectivity index (χ0) is 24.4. The molecule has 6 nitrogen and oxygen atoms in total. The first-order valence-electron chi connectivity index (χ1n) is 11.1. The van der Waals surface area contributed by atoms with Gasteiger partial charge in [-0.3, -0.25) is 14.4 Å². The van der Waals surface area contributed by atoms with E-state index in [1.807, 2.05) is 13.0 Å². The molecule has 0 aliphatic rings. The summed E-state index contributed by atoms with van der Waals surface area (Å²) in [5.41, 5.74) is 4.55. The van der Waals surface area contributed by atoms with Crippen LogP contribution in [0.1, 0.15) is 80.1 Å². The molecular weight excluding hydrogens is 408 g/mol. The Kier molecular flexibility index (Phi) is 16.5. The van der Waals surface area contributed by atoms with E-state index >= 15 is 0 Å². The van der Waals surface area contributed by atoms with Crippen molar-refractivity contribution in [3.05, 3.63) is 46.6 Å². The first-order valence-corrected chi connectivity index (χ1v) is 11.1. The molecule has 0 rings (SSSR count). The molecule has 0 aromatic heterocycles. The lowest BCUT2D eigenvalue weighted by Gasteiger charge is -2.10.